The number of rotatable bonds is 7. The van der Waals surface area contributed by atoms with Gasteiger partial charge in [0.15, 0.2) is 0 Å². The van der Waals surface area contributed by atoms with E-state index in [0.717, 1.165) is 44.8 Å². The minimum Gasteiger partial charge on any atom is -0.335 e. The summed E-state index contributed by atoms with van der Waals surface area (Å²) >= 11 is 12.2. The number of hydrogen-bond donors (Lipinski definition) is 0. The number of likely N-dealkylation sites (tertiary alicyclic amines) is 1. The smallest absolute Gasteiger partial charge is 0.227 e. The molecule has 2 aliphatic heterocycles. The van der Waals surface area contributed by atoms with E-state index in [9.17, 15) is 4.79 Å². The van der Waals surface area contributed by atoms with E-state index in [-0.39, 0.29) is 11.9 Å². The van der Waals surface area contributed by atoms with Gasteiger partial charge in [0.25, 0.3) is 0 Å². The predicted molar refractivity (Wildman–Crippen MR) is 117 cm³/mol. The molecule has 2 heterocycles. The van der Waals surface area contributed by atoms with Crippen molar-refractivity contribution in [1.29, 1.82) is 0 Å². The van der Waals surface area contributed by atoms with Crippen LogP contribution in [0.15, 0.2) is 18.2 Å². The zero-order valence-electron chi connectivity index (χ0n) is 17.2. The van der Waals surface area contributed by atoms with Gasteiger partial charge in [-0.1, -0.05) is 42.6 Å². The average Bonchev–Trinajstić information content (AvgIpc) is 3.23. The first-order valence-corrected chi connectivity index (χ1v) is 11.4. The Kier molecular flexibility index (Phi) is 8.04. The molecule has 0 radical (unpaired) electrons. The van der Waals surface area contributed by atoms with E-state index in [1.54, 1.807) is 6.07 Å². The van der Waals surface area contributed by atoms with Crippen molar-refractivity contribution < 1.29 is 4.79 Å². The first-order valence-electron chi connectivity index (χ1n) is 10.7. The Morgan fingerprint density at radius 1 is 1.14 bits per heavy atom. The fraction of sp³-hybridized carbons (Fsp3) is 0.682. The average molecular weight is 426 g/mol. The van der Waals surface area contributed by atoms with Gasteiger partial charge in [0, 0.05) is 25.7 Å². The summed E-state index contributed by atoms with van der Waals surface area (Å²) in [6.45, 7) is 10.7. The van der Waals surface area contributed by atoms with E-state index in [1.165, 1.54) is 25.7 Å². The molecule has 0 aromatic heterocycles. The lowest BCUT2D eigenvalue weighted by Crippen LogP contribution is -2.62. The monoisotopic (exact) mass is 425 g/mol. The second-order valence-electron chi connectivity index (χ2n) is 8.22. The molecule has 1 aromatic carbocycles. The number of benzene rings is 1. The van der Waals surface area contributed by atoms with E-state index in [1.807, 2.05) is 12.1 Å². The highest BCUT2D eigenvalue weighted by molar-refractivity contribution is 6.42. The number of amides is 1. The Morgan fingerprint density at radius 2 is 1.89 bits per heavy atom. The van der Waals surface area contributed by atoms with Crippen molar-refractivity contribution in [3.63, 3.8) is 0 Å². The molecule has 156 valence electrons. The maximum Gasteiger partial charge on any atom is 0.227 e. The zero-order chi connectivity index (χ0) is 20.1. The maximum atomic E-state index is 13.2. The lowest BCUT2D eigenvalue weighted by Gasteiger charge is -2.46. The van der Waals surface area contributed by atoms with Crippen LogP contribution in [0.2, 0.25) is 10.0 Å². The van der Waals surface area contributed by atoms with Crippen LogP contribution in [-0.4, -0.2) is 72.0 Å². The molecule has 3 rings (SSSR count). The van der Waals surface area contributed by atoms with Crippen LogP contribution in [0.1, 0.15) is 45.1 Å². The Balaban J connectivity index is 1.71. The van der Waals surface area contributed by atoms with Gasteiger partial charge in [0.05, 0.1) is 22.5 Å². The van der Waals surface area contributed by atoms with Crippen LogP contribution >= 0.6 is 23.2 Å². The zero-order valence-corrected chi connectivity index (χ0v) is 18.7. The fourth-order valence-corrected chi connectivity index (χ4v) is 4.82. The fourth-order valence-electron chi connectivity index (χ4n) is 4.49. The molecular formula is C22H33Cl2N3O. The van der Waals surface area contributed by atoms with E-state index in [0.29, 0.717) is 22.5 Å². The van der Waals surface area contributed by atoms with Crippen molar-refractivity contribution in [2.45, 2.75) is 58.0 Å². The number of halogens is 2. The Labute approximate surface area is 179 Å². The molecule has 0 aliphatic carbocycles. The Morgan fingerprint density at radius 3 is 2.57 bits per heavy atom. The molecule has 1 amide bonds. The van der Waals surface area contributed by atoms with Crippen molar-refractivity contribution in [3.8, 4) is 0 Å². The molecule has 28 heavy (non-hydrogen) atoms. The molecule has 4 nitrogen and oxygen atoms in total. The van der Waals surface area contributed by atoms with Crippen molar-refractivity contribution in [2.24, 2.45) is 0 Å². The van der Waals surface area contributed by atoms with Gasteiger partial charge < -0.3 is 4.90 Å². The van der Waals surface area contributed by atoms with Gasteiger partial charge in [-0.2, -0.15) is 0 Å². The van der Waals surface area contributed by atoms with E-state index in [4.69, 9.17) is 23.2 Å². The molecule has 1 unspecified atom stereocenters. The minimum absolute atomic E-state index is 0.199. The van der Waals surface area contributed by atoms with Gasteiger partial charge in [-0.15, -0.1) is 0 Å². The topological polar surface area (TPSA) is 26.8 Å². The molecule has 2 aliphatic rings. The molecule has 0 N–H and O–H groups in total. The minimum atomic E-state index is 0.199. The number of piperazine rings is 1. The van der Waals surface area contributed by atoms with E-state index < -0.39 is 0 Å². The summed E-state index contributed by atoms with van der Waals surface area (Å²) < 4.78 is 0. The second-order valence-corrected chi connectivity index (χ2v) is 9.03. The van der Waals surface area contributed by atoms with Gasteiger partial charge in [-0.25, -0.2) is 0 Å². The molecule has 2 atom stereocenters. The molecule has 6 heteroatoms. The van der Waals surface area contributed by atoms with Crippen LogP contribution in [0.3, 0.4) is 0 Å². The van der Waals surface area contributed by atoms with Crippen molar-refractivity contribution in [2.75, 3.05) is 39.3 Å². The highest BCUT2D eigenvalue weighted by Crippen LogP contribution is 2.25. The third kappa shape index (κ3) is 5.41. The first kappa shape index (κ1) is 21.9. The summed E-state index contributed by atoms with van der Waals surface area (Å²) in [6.07, 6.45) is 5.36. The van der Waals surface area contributed by atoms with Gasteiger partial charge >= 0.3 is 0 Å². The Bertz CT molecular complexity index is 663. The van der Waals surface area contributed by atoms with Gasteiger partial charge in [0.1, 0.15) is 0 Å². The summed E-state index contributed by atoms with van der Waals surface area (Å²) in [4.78, 5) is 20.5. The summed E-state index contributed by atoms with van der Waals surface area (Å²) in [5.74, 6) is 0.199. The van der Waals surface area contributed by atoms with Crippen molar-refractivity contribution >= 4 is 29.1 Å². The summed E-state index contributed by atoms with van der Waals surface area (Å²) in [5.41, 5.74) is 0.931. The standard InChI is InChI=1S/C22H33Cl2N3O/c1-3-4-9-25-12-13-27(21(16-25)17(2)26-10-5-6-11-26)22(28)15-18-7-8-19(23)20(24)14-18/h7-8,14,17,21H,3-6,9-13,15-16H2,1-2H3/t17-,21?/m1/s1. The van der Waals surface area contributed by atoms with Crippen LogP contribution in [0.5, 0.6) is 0 Å². The molecule has 2 saturated heterocycles. The largest absolute Gasteiger partial charge is 0.335 e. The van der Waals surface area contributed by atoms with Crippen LogP contribution < -0.4 is 0 Å². The number of carbonyl (C=O) groups excluding carboxylic acids is 1. The molecular weight excluding hydrogens is 393 g/mol. The van der Waals surface area contributed by atoms with Crippen molar-refractivity contribution in [1.82, 2.24) is 14.7 Å². The number of hydrogen-bond acceptors (Lipinski definition) is 3. The third-order valence-electron chi connectivity index (χ3n) is 6.26. The molecule has 0 spiro atoms. The SMILES string of the molecule is CCCCN1CCN(C(=O)Cc2ccc(Cl)c(Cl)c2)C([C@@H](C)N2CCCC2)C1. The molecule has 2 fully saturated rings. The highest BCUT2D eigenvalue weighted by atomic mass is 35.5. The van der Waals surface area contributed by atoms with Crippen LogP contribution in [0.25, 0.3) is 0 Å². The second kappa shape index (κ2) is 10.3. The van der Waals surface area contributed by atoms with Crippen LogP contribution in [0.4, 0.5) is 0 Å². The lowest BCUT2D eigenvalue weighted by atomic mass is 10.0. The summed E-state index contributed by atoms with van der Waals surface area (Å²) in [5, 5.41) is 1.04. The predicted octanol–water partition coefficient (Wildman–Crippen LogP) is 4.33. The maximum absolute atomic E-state index is 13.2. The molecule has 0 saturated carbocycles. The number of unbranched alkanes of at least 4 members (excludes halogenated alkanes) is 1. The van der Waals surface area contributed by atoms with E-state index >= 15 is 0 Å². The first-order chi connectivity index (χ1) is 13.5. The van der Waals surface area contributed by atoms with Gasteiger partial charge in [0.2, 0.25) is 5.91 Å². The summed E-state index contributed by atoms with van der Waals surface area (Å²) in [7, 11) is 0. The van der Waals surface area contributed by atoms with Gasteiger partial charge in [-0.3, -0.25) is 14.6 Å². The van der Waals surface area contributed by atoms with Crippen LogP contribution in [-0.2, 0) is 11.2 Å². The lowest BCUT2D eigenvalue weighted by molar-refractivity contribution is -0.137. The summed E-state index contributed by atoms with van der Waals surface area (Å²) in [6, 6.07) is 6.14. The Hall–Kier alpha value is -0.810. The quantitative estimate of drug-likeness (QED) is 0.649. The molecule has 1 aromatic rings. The van der Waals surface area contributed by atoms with Crippen LogP contribution in [0, 0.1) is 0 Å². The third-order valence-corrected chi connectivity index (χ3v) is 7.00. The van der Waals surface area contributed by atoms with Gasteiger partial charge in [-0.05, 0) is 63.5 Å². The van der Waals surface area contributed by atoms with Crippen molar-refractivity contribution in [3.05, 3.63) is 33.8 Å². The normalized spacial score (nSPS) is 22.6. The number of carbonyl (C=O) groups is 1. The molecule has 0 bridgehead atoms. The van der Waals surface area contributed by atoms with E-state index in [2.05, 4.69) is 28.5 Å². The highest BCUT2D eigenvalue weighted by Gasteiger charge is 2.36. The number of nitrogens with zero attached hydrogens (tertiary/aromatic N) is 3.